The van der Waals surface area contributed by atoms with Gasteiger partial charge in [0.2, 0.25) is 5.91 Å². The zero-order chi connectivity index (χ0) is 13.7. The number of pyridine rings is 1. The number of carbonyl (C=O) groups excluding carboxylic acids is 1. The SMILES string of the molecule is CC(CC(=O)Nc1cccc(Cl)c1)c1cccnc1. The topological polar surface area (TPSA) is 42.0 Å². The Kier molecular flexibility index (Phi) is 4.53. The average Bonchev–Trinajstić information content (AvgIpc) is 2.39. The summed E-state index contributed by atoms with van der Waals surface area (Å²) in [7, 11) is 0. The number of halogens is 1. The molecule has 1 N–H and O–H groups in total. The van der Waals surface area contributed by atoms with Crippen LogP contribution in [-0.2, 0) is 4.79 Å². The summed E-state index contributed by atoms with van der Waals surface area (Å²) >= 11 is 5.87. The molecule has 2 rings (SSSR count). The van der Waals surface area contributed by atoms with Crippen LogP contribution in [0.1, 0.15) is 24.8 Å². The molecule has 3 nitrogen and oxygen atoms in total. The second-order valence-corrected chi connectivity index (χ2v) is 4.89. The lowest BCUT2D eigenvalue weighted by molar-refractivity contribution is -0.116. The molecular formula is C15H15ClN2O. The number of hydrogen-bond acceptors (Lipinski definition) is 2. The van der Waals surface area contributed by atoms with E-state index in [1.807, 2.05) is 31.2 Å². The average molecular weight is 275 g/mol. The van der Waals surface area contributed by atoms with E-state index < -0.39 is 0 Å². The van der Waals surface area contributed by atoms with Crippen molar-refractivity contribution < 1.29 is 4.79 Å². The van der Waals surface area contributed by atoms with E-state index in [-0.39, 0.29) is 11.8 Å². The third-order valence-electron chi connectivity index (χ3n) is 2.85. The number of amides is 1. The fraction of sp³-hybridized carbons (Fsp3) is 0.200. The summed E-state index contributed by atoms with van der Waals surface area (Å²) in [5.74, 6) is 0.103. The summed E-state index contributed by atoms with van der Waals surface area (Å²) in [6, 6.07) is 11.0. The molecule has 1 unspecified atom stereocenters. The van der Waals surface area contributed by atoms with E-state index in [0.29, 0.717) is 11.4 Å². The van der Waals surface area contributed by atoms with Crippen LogP contribution < -0.4 is 5.32 Å². The molecule has 0 aliphatic rings. The maximum absolute atomic E-state index is 11.9. The van der Waals surface area contributed by atoms with Gasteiger partial charge in [0.05, 0.1) is 0 Å². The van der Waals surface area contributed by atoms with Gasteiger partial charge in [0, 0.05) is 29.5 Å². The first-order valence-electron chi connectivity index (χ1n) is 6.10. The van der Waals surface area contributed by atoms with E-state index >= 15 is 0 Å². The molecule has 0 bridgehead atoms. The van der Waals surface area contributed by atoms with Crippen molar-refractivity contribution in [2.24, 2.45) is 0 Å². The number of nitrogens with one attached hydrogen (secondary N) is 1. The van der Waals surface area contributed by atoms with Crippen LogP contribution >= 0.6 is 11.6 Å². The van der Waals surface area contributed by atoms with Gasteiger partial charge in [0.25, 0.3) is 0 Å². The number of aromatic nitrogens is 1. The van der Waals surface area contributed by atoms with Crippen molar-refractivity contribution in [3.05, 3.63) is 59.4 Å². The molecule has 1 amide bonds. The molecule has 1 atom stereocenters. The van der Waals surface area contributed by atoms with Crippen LogP contribution in [0.4, 0.5) is 5.69 Å². The second-order valence-electron chi connectivity index (χ2n) is 4.45. The molecule has 0 spiro atoms. The number of rotatable bonds is 4. The van der Waals surface area contributed by atoms with Crippen molar-refractivity contribution in [1.29, 1.82) is 0 Å². The van der Waals surface area contributed by atoms with Gasteiger partial charge in [-0.25, -0.2) is 0 Å². The largest absolute Gasteiger partial charge is 0.326 e. The van der Waals surface area contributed by atoms with Gasteiger partial charge < -0.3 is 5.32 Å². The van der Waals surface area contributed by atoms with Gasteiger partial charge in [0.15, 0.2) is 0 Å². The molecule has 1 heterocycles. The van der Waals surface area contributed by atoms with Crippen LogP contribution in [0.25, 0.3) is 0 Å². The summed E-state index contributed by atoms with van der Waals surface area (Å²) in [5, 5.41) is 3.45. The predicted molar refractivity (Wildman–Crippen MR) is 77.4 cm³/mol. The highest BCUT2D eigenvalue weighted by atomic mass is 35.5. The minimum absolute atomic E-state index is 0.0291. The Balaban J connectivity index is 1.95. The Hall–Kier alpha value is -1.87. The Morgan fingerprint density at radius 2 is 2.21 bits per heavy atom. The van der Waals surface area contributed by atoms with Gasteiger partial charge in [-0.3, -0.25) is 9.78 Å². The molecule has 0 saturated carbocycles. The fourth-order valence-electron chi connectivity index (χ4n) is 1.84. The normalized spacial score (nSPS) is 11.9. The lowest BCUT2D eigenvalue weighted by atomic mass is 9.99. The van der Waals surface area contributed by atoms with Crippen LogP contribution in [0.2, 0.25) is 5.02 Å². The monoisotopic (exact) mass is 274 g/mol. The molecular weight excluding hydrogens is 260 g/mol. The Bertz CT molecular complexity index is 557. The first-order chi connectivity index (χ1) is 9.15. The van der Waals surface area contributed by atoms with Crippen molar-refractivity contribution in [2.45, 2.75) is 19.3 Å². The number of benzene rings is 1. The van der Waals surface area contributed by atoms with E-state index in [4.69, 9.17) is 11.6 Å². The lowest BCUT2D eigenvalue weighted by Crippen LogP contribution is -2.14. The Labute approximate surface area is 117 Å². The van der Waals surface area contributed by atoms with Gasteiger partial charge in [-0.1, -0.05) is 30.7 Å². The minimum atomic E-state index is -0.0291. The molecule has 0 radical (unpaired) electrons. The first-order valence-corrected chi connectivity index (χ1v) is 6.48. The molecule has 0 aliphatic carbocycles. The van der Waals surface area contributed by atoms with Crippen molar-refractivity contribution in [1.82, 2.24) is 4.98 Å². The zero-order valence-corrected chi connectivity index (χ0v) is 11.4. The van der Waals surface area contributed by atoms with E-state index in [9.17, 15) is 4.79 Å². The van der Waals surface area contributed by atoms with Crippen LogP contribution in [0.15, 0.2) is 48.8 Å². The highest BCUT2D eigenvalue weighted by Gasteiger charge is 2.11. The zero-order valence-electron chi connectivity index (χ0n) is 10.6. The van der Waals surface area contributed by atoms with Crippen molar-refractivity contribution >= 4 is 23.2 Å². The van der Waals surface area contributed by atoms with Gasteiger partial charge in [0.1, 0.15) is 0 Å². The maximum Gasteiger partial charge on any atom is 0.224 e. The smallest absolute Gasteiger partial charge is 0.224 e. The number of nitrogens with zero attached hydrogens (tertiary/aromatic N) is 1. The lowest BCUT2D eigenvalue weighted by Gasteiger charge is -2.11. The molecule has 2 aromatic rings. The molecule has 19 heavy (non-hydrogen) atoms. The molecule has 0 saturated heterocycles. The van der Waals surface area contributed by atoms with E-state index in [1.165, 1.54) is 0 Å². The molecule has 0 aliphatic heterocycles. The number of anilines is 1. The summed E-state index contributed by atoms with van der Waals surface area (Å²) in [5.41, 5.74) is 1.78. The third kappa shape index (κ3) is 4.07. The van der Waals surface area contributed by atoms with E-state index in [1.54, 1.807) is 24.5 Å². The second kappa shape index (κ2) is 6.34. The van der Waals surface area contributed by atoms with Gasteiger partial charge >= 0.3 is 0 Å². The highest BCUT2D eigenvalue weighted by Crippen LogP contribution is 2.20. The van der Waals surface area contributed by atoms with Crippen LogP contribution in [0, 0.1) is 0 Å². The number of carbonyl (C=O) groups is 1. The first kappa shape index (κ1) is 13.6. The van der Waals surface area contributed by atoms with E-state index in [0.717, 1.165) is 11.3 Å². The van der Waals surface area contributed by atoms with Gasteiger partial charge in [-0.05, 0) is 35.7 Å². The molecule has 1 aromatic heterocycles. The van der Waals surface area contributed by atoms with Crippen LogP contribution in [0.5, 0.6) is 0 Å². The molecule has 4 heteroatoms. The molecule has 98 valence electrons. The molecule has 1 aromatic carbocycles. The number of hydrogen-bond donors (Lipinski definition) is 1. The standard InChI is InChI=1S/C15H15ClN2O/c1-11(12-4-3-7-17-10-12)8-15(19)18-14-6-2-5-13(16)9-14/h2-7,9-11H,8H2,1H3,(H,18,19). The minimum Gasteiger partial charge on any atom is -0.326 e. The Morgan fingerprint density at radius 1 is 1.37 bits per heavy atom. The quantitative estimate of drug-likeness (QED) is 0.920. The van der Waals surface area contributed by atoms with Crippen molar-refractivity contribution in [3.63, 3.8) is 0 Å². The third-order valence-corrected chi connectivity index (χ3v) is 3.09. The summed E-state index contributed by atoms with van der Waals surface area (Å²) < 4.78 is 0. The van der Waals surface area contributed by atoms with Crippen molar-refractivity contribution in [3.8, 4) is 0 Å². The summed E-state index contributed by atoms with van der Waals surface area (Å²) in [4.78, 5) is 16.0. The maximum atomic E-state index is 11.9. The van der Waals surface area contributed by atoms with E-state index in [2.05, 4.69) is 10.3 Å². The molecule has 0 fully saturated rings. The van der Waals surface area contributed by atoms with Crippen LogP contribution in [0.3, 0.4) is 0 Å². The van der Waals surface area contributed by atoms with Crippen LogP contribution in [-0.4, -0.2) is 10.9 Å². The Morgan fingerprint density at radius 3 is 2.89 bits per heavy atom. The summed E-state index contributed by atoms with van der Waals surface area (Å²) in [6.07, 6.45) is 3.93. The van der Waals surface area contributed by atoms with Gasteiger partial charge in [-0.2, -0.15) is 0 Å². The van der Waals surface area contributed by atoms with Gasteiger partial charge in [-0.15, -0.1) is 0 Å². The predicted octanol–water partition coefficient (Wildman–Crippen LogP) is 3.87. The van der Waals surface area contributed by atoms with Crippen molar-refractivity contribution in [2.75, 3.05) is 5.32 Å². The fourth-order valence-corrected chi connectivity index (χ4v) is 2.03. The summed E-state index contributed by atoms with van der Waals surface area (Å²) in [6.45, 7) is 2.01. The highest BCUT2D eigenvalue weighted by molar-refractivity contribution is 6.30.